The second-order valence-electron chi connectivity index (χ2n) is 14.2. The Balaban J connectivity index is 1.42. The van der Waals surface area contributed by atoms with E-state index in [-0.39, 0.29) is 5.78 Å². The quantitative estimate of drug-likeness (QED) is 0.194. The first-order chi connectivity index (χ1) is 25.8. The lowest BCUT2D eigenvalue weighted by atomic mass is 9.83. The van der Waals surface area contributed by atoms with Crippen molar-refractivity contribution in [3.8, 4) is 0 Å². The second kappa shape index (κ2) is 12.6. The fourth-order valence-electron chi connectivity index (χ4n) is 7.48. The van der Waals surface area contributed by atoms with Gasteiger partial charge >= 0.3 is 0 Å². The van der Waals surface area contributed by atoms with Crippen LogP contribution < -0.4 is 10.8 Å². The Morgan fingerprint density at radius 3 is 1.42 bits per heavy atom. The number of ketones is 1. The van der Waals surface area contributed by atoms with Crippen molar-refractivity contribution < 1.29 is 13.9 Å². The van der Waals surface area contributed by atoms with Gasteiger partial charge in [0.05, 0.1) is 22.8 Å². The molecule has 5 nitrogen and oxygen atoms in total. The SMILES string of the molecule is Cc1ccc(/C2=C3\C=CC(=O)C(c4ccc(C)cc4)(O3)c3ccc([nH]3)/C(c3ccc(C)cc3)=c3/cc/c(o3)=C(\c3ccc(C)cc3)c3ccc2[nH]3)cc1. The van der Waals surface area contributed by atoms with Crippen LogP contribution in [0.1, 0.15) is 67.3 Å². The van der Waals surface area contributed by atoms with Gasteiger partial charge in [0.15, 0.2) is 0 Å². The molecule has 0 spiro atoms. The summed E-state index contributed by atoms with van der Waals surface area (Å²) in [5.41, 5.74) is 14.0. The van der Waals surface area contributed by atoms with Crippen molar-refractivity contribution in [3.63, 3.8) is 0 Å². The molecular formula is C48H38N2O3. The first-order valence-corrected chi connectivity index (χ1v) is 17.9. The Labute approximate surface area is 308 Å². The number of allylic oxidation sites excluding steroid dienone is 1. The third kappa shape index (κ3) is 5.53. The van der Waals surface area contributed by atoms with E-state index in [0.717, 1.165) is 78.2 Å². The number of aromatic amines is 2. The van der Waals surface area contributed by atoms with Crippen molar-refractivity contribution in [2.45, 2.75) is 33.3 Å². The summed E-state index contributed by atoms with van der Waals surface area (Å²) in [5.74, 6) is 0.401. The number of ether oxygens (including phenoxy) is 1. The maximum absolute atomic E-state index is 14.5. The molecule has 2 aliphatic rings. The molecule has 1 unspecified atom stereocenters. The van der Waals surface area contributed by atoms with E-state index in [2.05, 4.69) is 116 Å². The number of hydrogen-bond acceptors (Lipinski definition) is 3. The van der Waals surface area contributed by atoms with Gasteiger partial charge in [-0.3, -0.25) is 4.79 Å². The lowest BCUT2D eigenvalue weighted by molar-refractivity contribution is -0.132. The molecule has 0 saturated carbocycles. The van der Waals surface area contributed by atoms with Crippen LogP contribution in [0.4, 0.5) is 0 Å². The molecule has 7 aromatic rings. The Hall–Kier alpha value is -6.59. The fourth-order valence-corrected chi connectivity index (χ4v) is 7.48. The van der Waals surface area contributed by atoms with E-state index in [9.17, 15) is 4.79 Å². The van der Waals surface area contributed by atoms with Crippen LogP contribution in [0, 0.1) is 27.7 Å². The largest absolute Gasteiger partial charge is 0.467 e. The van der Waals surface area contributed by atoms with Crippen LogP contribution in [0.5, 0.6) is 0 Å². The molecule has 258 valence electrons. The minimum atomic E-state index is -1.49. The number of benzene rings is 4. The summed E-state index contributed by atoms with van der Waals surface area (Å²) in [5, 5.41) is 0. The standard InChI is InChI=1S/C48H38N2O3/c1-29-5-13-33(14-6-29)45-37-21-22-38(49-37)47(35-17-9-31(3)10-18-35)42-26-28-44(51)48(53-42,36-19-11-32(4)12-20-36)43-27-23-39(50-43)46(41-25-24-40(45)52-41)34-15-7-30(2)8-16-34/h5-28,49-50H,1-4H3/b45-40-,46-41-,47-42-. The second-order valence-corrected chi connectivity index (χ2v) is 14.2. The highest BCUT2D eigenvalue weighted by Gasteiger charge is 2.47. The van der Waals surface area contributed by atoms with E-state index in [1.54, 1.807) is 12.2 Å². The van der Waals surface area contributed by atoms with Gasteiger partial charge in [-0.15, -0.1) is 0 Å². The topological polar surface area (TPSA) is 71.0 Å². The summed E-state index contributed by atoms with van der Waals surface area (Å²) < 4.78 is 14.1. The number of aromatic nitrogens is 2. The Bertz CT molecular complexity index is 2720. The van der Waals surface area contributed by atoms with Gasteiger partial charge < -0.3 is 19.1 Å². The molecule has 5 heteroatoms. The van der Waals surface area contributed by atoms with E-state index >= 15 is 0 Å². The number of nitrogens with one attached hydrogen (secondary N) is 2. The van der Waals surface area contributed by atoms with E-state index in [0.29, 0.717) is 16.9 Å². The number of fused-ring (bicyclic) bond motifs is 9. The maximum Gasteiger partial charge on any atom is 0.235 e. The monoisotopic (exact) mass is 690 g/mol. The van der Waals surface area contributed by atoms with Crippen LogP contribution in [0.2, 0.25) is 0 Å². The molecule has 0 radical (unpaired) electrons. The van der Waals surface area contributed by atoms with Gasteiger partial charge in [0.25, 0.3) is 0 Å². The van der Waals surface area contributed by atoms with Crippen molar-refractivity contribution >= 4 is 22.5 Å². The minimum Gasteiger partial charge on any atom is -0.467 e. The number of hydrogen-bond donors (Lipinski definition) is 2. The summed E-state index contributed by atoms with van der Waals surface area (Å²) in [4.78, 5) is 22.0. The average Bonchev–Trinajstić information content (AvgIpc) is 3.95. The summed E-state index contributed by atoms with van der Waals surface area (Å²) >= 11 is 0. The van der Waals surface area contributed by atoms with Crippen molar-refractivity contribution in [1.82, 2.24) is 9.97 Å². The first-order valence-electron chi connectivity index (χ1n) is 17.9. The molecule has 2 aliphatic heterocycles. The van der Waals surface area contributed by atoms with Crippen molar-refractivity contribution in [2.24, 2.45) is 0 Å². The van der Waals surface area contributed by atoms with Crippen LogP contribution in [0.3, 0.4) is 0 Å². The zero-order chi connectivity index (χ0) is 36.3. The number of furan rings is 1. The van der Waals surface area contributed by atoms with Crippen LogP contribution in [0.25, 0.3) is 16.7 Å². The molecular weight excluding hydrogens is 653 g/mol. The van der Waals surface area contributed by atoms with Gasteiger partial charge in [0.2, 0.25) is 11.4 Å². The Morgan fingerprint density at radius 2 is 0.887 bits per heavy atom. The molecule has 0 saturated heterocycles. The lowest BCUT2D eigenvalue weighted by Gasteiger charge is -2.36. The molecule has 0 aliphatic carbocycles. The molecule has 4 aromatic carbocycles. The first kappa shape index (κ1) is 32.3. The minimum absolute atomic E-state index is 0.176. The average molecular weight is 691 g/mol. The Kier molecular flexibility index (Phi) is 7.67. The molecule has 0 fully saturated rings. The zero-order valence-electron chi connectivity index (χ0n) is 30.1. The third-order valence-electron chi connectivity index (χ3n) is 10.4. The molecule has 2 N–H and O–H groups in total. The van der Waals surface area contributed by atoms with Gasteiger partial charge in [-0.25, -0.2) is 0 Å². The number of rotatable bonds is 4. The maximum atomic E-state index is 14.5. The van der Waals surface area contributed by atoms with Gasteiger partial charge in [-0.1, -0.05) is 119 Å². The normalized spacial score (nSPS) is 20.1. The van der Waals surface area contributed by atoms with E-state index in [4.69, 9.17) is 9.15 Å². The highest BCUT2D eigenvalue weighted by molar-refractivity contribution is 6.03. The molecule has 8 bridgehead atoms. The number of aryl methyl sites for hydroxylation is 4. The van der Waals surface area contributed by atoms with E-state index in [1.165, 1.54) is 5.56 Å². The van der Waals surface area contributed by atoms with Gasteiger partial charge in [0, 0.05) is 22.3 Å². The smallest absolute Gasteiger partial charge is 0.235 e. The fraction of sp³-hybridized carbons (Fsp3) is 0.104. The predicted octanol–water partition coefficient (Wildman–Crippen LogP) is 8.84. The van der Waals surface area contributed by atoms with E-state index in [1.807, 2.05) is 55.5 Å². The molecule has 0 amide bonds. The Morgan fingerprint density at radius 1 is 0.453 bits per heavy atom. The molecule has 1 atom stereocenters. The van der Waals surface area contributed by atoms with Gasteiger partial charge in [-0.2, -0.15) is 0 Å². The number of carbonyl (C=O) groups is 1. The van der Waals surface area contributed by atoms with Gasteiger partial charge in [0.1, 0.15) is 16.6 Å². The number of carbonyl (C=O) groups excluding carboxylic acids is 1. The molecule has 3 aromatic heterocycles. The van der Waals surface area contributed by atoms with Crippen LogP contribution in [-0.4, -0.2) is 15.8 Å². The number of H-pyrrole nitrogens is 2. The highest BCUT2D eigenvalue weighted by atomic mass is 16.5. The molecule has 53 heavy (non-hydrogen) atoms. The molecule has 9 rings (SSSR count). The van der Waals surface area contributed by atoms with Crippen molar-refractivity contribution in [2.75, 3.05) is 0 Å². The summed E-state index contributed by atoms with van der Waals surface area (Å²) in [6.45, 7) is 8.29. The van der Waals surface area contributed by atoms with Crippen LogP contribution in [0.15, 0.2) is 156 Å². The van der Waals surface area contributed by atoms with Crippen LogP contribution >= 0.6 is 0 Å². The highest BCUT2D eigenvalue weighted by Crippen LogP contribution is 2.43. The van der Waals surface area contributed by atoms with Crippen LogP contribution in [-0.2, 0) is 15.1 Å². The summed E-state index contributed by atoms with van der Waals surface area (Å²) in [6.07, 6.45) is 3.46. The summed E-state index contributed by atoms with van der Waals surface area (Å²) in [6, 6.07) is 45.6. The van der Waals surface area contributed by atoms with Crippen molar-refractivity contribution in [1.29, 1.82) is 0 Å². The zero-order valence-corrected chi connectivity index (χ0v) is 30.1. The van der Waals surface area contributed by atoms with E-state index < -0.39 is 5.60 Å². The van der Waals surface area contributed by atoms with Gasteiger partial charge in [-0.05, 0) is 92.9 Å². The molecule has 5 heterocycles. The predicted molar refractivity (Wildman–Crippen MR) is 210 cm³/mol. The van der Waals surface area contributed by atoms with Crippen molar-refractivity contribution in [3.05, 3.63) is 229 Å². The lowest BCUT2D eigenvalue weighted by Crippen LogP contribution is -2.41. The summed E-state index contributed by atoms with van der Waals surface area (Å²) in [7, 11) is 0. The third-order valence-corrected chi connectivity index (χ3v) is 10.4.